The Hall–Kier alpha value is -0.120. The van der Waals surface area contributed by atoms with E-state index in [1.165, 1.54) is 19.3 Å². The van der Waals surface area contributed by atoms with Crippen LogP contribution in [0.4, 0.5) is 0 Å². The standard InChI is InChI=1S/C16H34N2O/c1-12(2)14-6-7-16(17-4)15(10-14)11-18(5)9-8-13(3)19/h12-17,19H,6-11H2,1-5H3. The number of nitrogens with zero attached hydrogens (tertiary/aromatic N) is 1. The molecule has 0 aliphatic heterocycles. The van der Waals surface area contributed by atoms with Crippen LogP contribution in [0.1, 0.15) is 46.5 Å². The first kappa shape index (κ1) is 16.9. The molecule has 114 valence electrons. The molecular weight excluding hydrogens is 236 g/mol. The van der Waals surface area contributed by atoms with E-state index in [-0.39, 0.29) is 6.10 Å². The smallest absolute Gasteiger partial charge is 0.0524 e. The van der Waals surface area contributed by atoms with E-state index in [9.17, 15) is 5.11 Å². The van der Waals surface area contributed by atoms with E-state index in [2.05, 4.69) is 38.2 Å². The summed E-state index contributed by atoms with van der Waals surface area (Å²) in [6.45, 7) is 8.75. The van der Waals surface area contributed by atoms with Crippen LogP contribution in [-0.4, -0.2) is 49.3 Å². The topological polar surface area (TPSA) is 35.5 Å². The van der Waals surface area contributed by atoms with Crippen molar-refractivity contribution in [2.45, 2.75) is 58.6 Å². The SMILES string of the molecule is CNC1CCC(C(C)C)CC1CN(C)CCC(C)O. The van der Waals surface area contributed by atoms with Crippen LogP contribution in [0.25, 0.3) is 0 Å². The number of aliphatic hydroxyl groups is 1. The highest BCUT2D eigenvalue weighted by Gasteiger charge is 2.31. The van der Waals surface area contributed by atoms with Gasteiger partial charge in [0.25, 0.3) is 0 Å². The summed E-state index contributed by atoms with van der Waals surface area (Å²) in [4.78, 5) is 2.39. The summed E-state index contributed by atoms with van der Waals surface area (Å²) >= 11 is 0. The Labute approximate surface area is 119 Å². The van der Waals surface area contributed by atoms with E-state index in [0.29, 0.717) is 6.04 Å². The van der Waals surface area contributed by atoms with Gasteiger partial charge in [0.2, 0.25) is 0 Å². The molecule has 0 spiro atoms. The molecule has 3 nitrogen and oxygen atoms in total. The first-order valence-electron chi connectivity index (χ1n) is 7.97. The molecule has 0 heterocycles. The first-order valence-corrected chi connectivity index (χ1v) is 7.97. The molecule has 0 aromatic carbocycles. The van der Waals surface area contributed by atoms with Gasteiger partial charge < -0.3 is 15.3 Å². The van der Waals surface area contributed by atoms with Crippen molar-refractivity contribution < 1.29 is 5.11 Å². The third-order valence-electron chi connectivity index (χ3n) is 4.81. The molecule has 0 radical (unpaired) electrons. The zero-order valence-corrected chi connectivity index (χ0v) is 13.5. The van der Waals surface area contributed by atoms with Crippen molar-refractivity contribution >= 4 is 0 Å². The van der Waals surface area contributed by atoms with E-state index in [1.807, 2.05) is 6.92 Å². The summed E-state index contributed by atoms with van der Waals surface area (Å²) in [6, 6.07) is 0.670. The van der Waals surface area contributed by atoms with Crippen molar-refractivity contribution in [2.24, 2.45) is 17.8 Å². The molecule has 19 heavy (non-hydrogen) atoms. The fourth-order valence-corrected chi connectivity index (χ4v) is 3.39. The monoisotopic (exact) mass is 270 g/mol. The highest BCUT2D eigenvalue weighted by Crippen LogP contribution is 2.34. The third-order valence-corrected chi connectivity index (χ3v) is 4.81. The molecule has 2 N–H and O–H groups in total. The predicted octanol–water partition coefficient (Wildman–Crippen LogP) is 2.35. The molecule has 1 rings (SSSR count). The summed E-state index contributed by atoms with van der Waals surface area (Å²) in [5, 5.41) is 12.9. The Balaban J connectivity index is 2.46. The number of nitrogens with one attached hydrogen (secondary N) is 1. The Morgan fingerprint density at radius 3 is 2.47 bits per heavy atom. The lowest BCUT2D eigenvalue weighted by Crippen LogP contribution is -2.44. The molecule has 0 aromatic rings. The molecule has 0 aromatic heterocycles. The van der Waals surface area contributed by atoms with Crippen molar-refractivity contribution in [1.29, 1.82) is 0 Å². The fourth-order valence-electron chi connectivity index (χ4n) is 3.39. The van der Waals surface area contributed by atoms with E-state index < -0.39 is 0 Å². The zero-order chi connectivity index (χ0) is 14.4. The molecule has 1 fully saturated rings. The maximum absolute atomic E-state index is 9.38. The molecule has 0 amide bonds. The van der Waals surface area contributed by atoms with Gasteiger partial charge in [0.05, 0.1) is 6.10 Å². The quantitative estimate of drug-likeness (QED) is 0.745. The van der Waals surface area contributed by atoms with Gasteiger partial charge in [0.15, 0.2) is 0 Å². The number of hydrogen-bond donors (Lipinski definition) is 2. The lowest BCUT2D eigenvalue weighted by molar-refractivity contribution is 0.121. The van der Waals surface area contributed by atoms with Crippen molar-refractivity contribution in [2.75, 3.05) is 27.2 Å². The Morgan fingerprint density at radius 1 is 1.26 bits per heavy atom. The van der Waals surface area contributed by atoms with Gasteiger partial charge in [-0.1, -0.05) is 13.8 Å². The van der Waals surface area contributed by atoms with Gasteiger partial charge in [-0.2, -0.15) is 0 Å². The van der Waals surface area contributed by atoms with Crippen LogP contribution in [0.3, 0.4) is 0 Å². The Kier molecular flexibility index (Phi) is 7.33. The normalized spacial score (nSPS) is 30.0. The van der Waals surface area contributed by atoms with Crippen molar-refractivity contribution in [1.82, 2.24) is 10.2 Å². The summed E-state index contributed by atoms with van der Waals surface area (Å²) in [5.41, 5.74) is 0. The highest BCUT2D eigenvalue weighted by atomic mass is 16.3. The minimum Gasteiger partial charge on any atom is -0.393 e. The Morgan fingerprint density at radius 2 is 1.95 bits per heavy atom. The van der Waals surface area contributed by atoms with Crippen molar-refractivity contribution in [3.8, 4) is 0 Å². The average Bonchev–Trinajstić information content (AvgIpc) is 2.36. The van der Waals surface area contributed by atoms with Crippen LogP contribution in [0.2, 0.25) is 0 Å². The summed E-state index contributed by atoms with van der Waals surface area (Å²) < 4.78 is 0. The Bertz CT molecular complexity index is 243. The first-order chi connectivity index (χ1) is 8.93. The second-order valence-corrected chi connectivity index (χ2v) is 6.87. The lowest BCUT2D eigenvalue weighted by atomic mass is 9.73. The van der Waals surface area contributed by atoms with Crippen LogP contribution < -0.4 is 5.32 Å². The number of aliphatic hydroxyl groups excluding tert-OH is 1. The maximum Gasteiger partial charge on any atom is 0.0524 e. The van der Waals surface area contributed by atoms with Gasteiger partial charge in [0, 0.05) is 19.1 Å². The molecule has 4 atom stereocenters. The zero-order valence-electron chi connectivity index (χ0n) is 13.5. The van der Waals surface area contributed by atoms with E-state index in [0.717, 1.165) is 37.3 Å². The molecule has 0 saturated heterocycles. The van der Waals surface area contributed by atoms with Gasteiger partial charge >= 0.3 is 0 Å². The van der Waals surface area contributed by atoms with Gasteiger partial charge in [-0.25, -0.2) is 0 Å². The van der Waals surface area contributed by atoms with Crippen LogP contribution in [0.5, 0.6) is 0 Å². The van der Waals surface area contributed by atoms with E-state index in [4.69, 9.17) is 0 Å². The second-order valence-electron chi connectivity index (χ2n) is 6.87. The molecule has 1 saturated carbocycles. The van der Waals surface area contributed by atoms with Crippen molar-refractivity contribution in [3.63, 3.8) is 0 Å². The van der Waals surface area contributed by atoms with E-state index >= 15 is 0 Å². The second kappa shape index (κ2) is 8.23. The van der Waals surface area contributed by atoms with Gasteiger partial charge in [-0.3, -0.25) is 0 Å². The summed E-state index contributed by atoms with van der Waals surface area (Å²) in [6.07, 6.45) is 4.73. The van der Waals surface area contributed by atoms with Crippen molar-refractivity contribution in [3.05, 3.63) is 0 Å². The molecule has 1 aliphatic carbocycles. The molecule has 0 bridgehead atoms. The maximum atomic E-state index is 9.38. The number of hydrogen-bond acceptors (Lipinski definition) is 3. The van der Waals surface area contributed by atoms with Crippen LogP contribution >= 0.6 is 0 Å². The van der Waals surface area contributed by atoms with Crippen LogP contribution in [0, 0.1) is 17.8 Å². The van der Waals surface area contributed by atoms with E-state index in [1.54, 1.807) is 0 Å². The predicted molar refractivity (Wildman–Crippen MR) is 82.3 cm³/mol. The summed E-state index contributed by atoms with van der Waals surface area (Å²) in [5.74, 6) is 2.45. The lowest BCUT2D eigenvalue weighted by Gasteiger charge is -2.39. The minimum atomic E-state index is -0.183. The van der Waals surface area contributed by atoms with Gasteiger partial charge in [-0.15, -0.1) is 0 Å². The van der Waals surface area contributed by atoms with Crippen LogP contribution in [0.15, 0.2) is 0 Å². The van der Waals surface area contributed by atoms with Gasteiger partial charge in [-0.05, 0) is 64.5 Å². The largest absolute Gasteiger partial charge is 0.393 e. The molecular formula is C16H34N2O. The third kappa shape index (κ3) is 5.80. The van der Waals surface area contributed by atoms with Crippen LogP contribution in [-0.2, 0) is 0 Å². The molecule has 4 unspecified atom stereocenters. The highest BCUT2D eigenvalue weighted by molar-refractivity contribution is 4.86. The molecule has 3 heteroatoms. The fraction of sp³-hybridized carbons (Fsp3) is 1.00. The number of rotatable bonds is 7. The average molecular weight is 270 g/mol. The van der Waals surface area contributed by atoms with Gasteiger partial charge in [0.1, 0.15) is 0 Å². The molecule has 1 aliphatic rings. The summed E-state index contributed by atoms with van der Waals surface area (Å²) in [7, 11) is 4.29. The minimum absolute atomic E-state index is 0.183.